The van der Waals surface area contributed by atoms with Crippen LogP contribution in [0.3, 0.4) is 0 Å². The molecule has 1 aromatic heterocycles. The zero-order chi connectivity index (χ0) is 17.8. The van der Waals surface area contributed by atoms with Gasteiger partial charge in [0.15, 0.2) is 5.13 Å². The van der Waals surface area contributed by atoms with Crippen molar-refractivity contribution < 1.29 is 14.0 Å². The quantitative estimate of drug-likeness (QED) is 0.855. The van der Waals surface area contributed by atoms with Crippen LogP contribution in [0.2, 0.25) is 0 Å². The van der Waals surface area contributed by atoms with Crippen LogP contribution in [0, 0.1) is 11.7 Å². The van der Waals surface area contributed by atoms with E-state index in [0.717, 1.165) is 31.2 Å². The monoisotopic (exact) mass is 361 g/mol. The normalized spacial score (nSPS) is 15.8. The molecule has 0 radical (unpaired) electrons. The minimum Gasteiger partial charge on any atom is -0.344 e. The maximum Gasteiger partial charge on any atom is 0.249 e. The number of hydrogen-bond acceptors (Lipinski definition) is 4. The number of carbonyl (C=O) groups is 2. The first-order chi connectivity index (χ1) is 12.0. The summed E-state index contributed by atoms with van der Waals surface area (Å²) in [5, 5.41) is 7.86. The first kappa shape index (κ1) is 17.5. The largest absolute Gasteiger partial charge is 0.344 e. The van der Waals surface area contributed by atoms with Gasteiger partial charge in [-0.3, -0.25) is 9.59 Å². The molecule has 1 aromatic carbocycles. The number of anilines is 1. The molecule has 1 aliphatic carbocycles. The number of halogens is 1. The third-order valence-electron chi connectivity index (χ3n) is 4.39. The average molecular weight is 361 g/mol. The maximum atomic E-state index is 13.0. The summed E-state index contributed by atoms with van der Waals surface area (Å²) in [6.07, 6.45) is 4.05. The summed E-state index contributed by atoms with van der Waals surface area (Å²) in [6, 6.07) is 5.52. The first-order valence-electron chi connectivity index (χ1n) is 8.32. The second-order valence-corrected chi connectivity index (χ2v) is 7.11. The van der Waals surface area contributed by atoms with Crippen molar-refractivity contribution in [2.45, 2.75) is 38.6 Å². The molecular weight excluding hydrogens is 341 g/mol. The van der Waals surface area contributed by atoms with Gasteiger partial charge in [-0.25, -0.2) is 9.37 Å². The molecule has 0 spiro atoms. The van der Waals surface area contributed by atoms with Gasteiger partial charge in [0, 0.05) is 17.9 Å². The molecule has 132 valence electrons. The molecule has 5 nitrogen and oxygen atoms in total. The third-order valence-corrected chi connectivity index (χ3v) is 5.14. The van der Waals surface area contributed by atoms with E-state index in [2.05, 4.69) is 15.6 Å². The van der Waals surface area contributed by atoms with Crippen LogP contribution < -0.4 is 10.6 Å². The number of nitrogens with zero attached hydrogens (tertiary/aromatic N) is 1. The molecule has 2 amide bonds. The Morgan fingerprint density at radius 3 is 2.56 bits per heavy atom. The number of nitrogens with one attached hydrogen (secondary N) is 2. The van der Waals surface area contributed by atoms with Crippen molar-refractivity contribution in [1.82, 2.24) is 10.3 Å². The second kappa shape index (κ2) is 7.74. The lowest BCUT2D eigenvalue weighted by molar-refractivity contribution is -0.126. The van der Waals surface area contributed by atoms with Gasteiger partial charge >= 0.3 is 0 Å². The van der Waals surface area contributed by atoms with E-state index in [1.165, 1.54) is 30.4 Å². The van der Waals surface area contributed by atoms with E-state index >= 15 is 0 Å². The van der Waals surface area contributed by atoms with Gasteiger partial charge in [-0.15, -0.1) is 11.3 Å². The van der Waals surface area contributed by atoms with Gasteiger partial charge in [-0.1, -0.05) is 12.8 Å². The molecule has 2 N–H and O–H groups in total. The summed E-state index contributed by atoms with van der Waals surface area (Å²) >= 11 is 1.31. The van der Waals surface area contributed by atoms with E-state index in [0.29, 0.717) is 10.8 Å². The molecule has 1 aliphatic rings. The molecule has 3 rings (SSSR count). The van der Waals surface area contributed by atoms with Crippen molar-refractivity contribution >= 4 is 28.3 Å². The van der Waals surface area contributed by atoms with Gasteiger partial charge < -0.3 is 10.6 Å². The lowest BCUT2D eigenvalue weighted by Crippen LogP contribution is -2.47. The molecule has 1 atom stereocenters. The Kier molecular flexibility index (Phi) is 5.43. The average Bonchev–Trinajstić information content (AvgIpc) is 3.25. The summed E-state index contributed by atoms with van der Waals surface area (Å²) in [6.45, 7) is 1.42. The van der Waals surface area contributed by atoms with Crippen molar-refractivity contribution in [3.63, 3.8) is 0 Å². The zero-order valence-corrected chi connectivity index (χ0v) is 14.7. The minimum atomic E-state index is -0.529. The van der Waals surface area contributed by atoms with Crippen molar-refractivity contribution in [2.24, 2.45) is 5.92 Å². The van der Waals surface area contributed by atoms with Crippen molar-refractivity contribution in [3.8, 4) is 11.3 Å². The lowest BCUT2D eigenvalue weighted by atomic mass is 9.97. The van der Waals surface area contributed by atoms with Crippen molar-refractivity contribution in [3.05, 3.63) is 35.5 Å². The minimum absolute atomic E-state index is 0.167. The van der Waals surface area contributed by atoms with Crippen LogP contribution in [0.4, 0.5) is 9.52 Å². The maximum absolute atomic E-state index is 13.0. The molecular formula is C18H20FN3O2S. The van der Waals surface area contributed by atoms with E-state index in [1.807, 2.05) is 5.38 Å². The van der Waals surface area contributed by atoms with Crippen LogP contribution in [0.1, 0.15) is 32.6 Å². The summed E-state index contributed by atoms with van der Waals surface area (Å²) in [7, 11) is 0. The first-order valence-corrected chi connectivity index (χ1v) is 9.20. The lowest BCUT2D eigenvalue weighted by Gasteiger charge is -2.22. The predicted octanol–water partition coefficient (Wildman–Crippen LogP) is 3.58. The molecule has 0 saturated heterocycles. The van der Waals surface area contributed by atoms with Crippen molar-refractivity contribution in [2.75, 3.05) is 5.32 Å². The van der Waals surface area contributed by atoms with E-state index in [4.69, 9.17) is 0 Å². The number of aromatic nitrogens is 1. The number of thiazole rings is 1. The van der Waals surface area contributed by atoms with Crippen LogP contribution in [0.5, 0.6) is 0 Å². The highest BCUT2D eigenvalue weighted by Crippen LogP contribution is 2.29. The van der Waals surface area contributed by atoms with E-state index in [1.54, 1.807) is 12.1 Å². The molecule has 1 fully saturated rings. The summed E-state index contributed by atoms with van der Waals surface area (Å²) in [5.74, 6) is -0.581. The Balaban J connectivity index is 1.70. The van der Waals surface area contributed by atoms with Crippen LogP contribution in [0.25, 0.3) is 11.3 Å². The molecule has 0 bridgehead atoms. The standard InChI is InChI=1S/C18H20FN3O2S/c1-11(23)20-16(13-4-2-3-5-13)17(24)22-18-21-15(10-25-18)12-6-8-14(19)9-7-12/h6-10,13,16H,2-5H2,1H3,(H,20,23)(H,21,22,24). The SMILES string of the molecule is CC(=O)NC(C(=O)Nc1nc(-c2ccc(F)cc2)cs1)C1CCCC1. The highest BCUT2D eigenvalue weighted by molar-refractivity contribution is 7.14. The second-order valence-electron chi connectivity index (χ2n) is 6.26. The summed E-state index contributed by atoms with van der Waals surface area (Å²) in [5.41, 5.74) is 1.46. The number of benzene rings is 1. The Morgan fingerprint density at radius 1 is 1.24 bits per heavy atom. The highest BCUT2D eigenvalue weighted by Gasteiger charge is 2.31. The smallest absolute Gasteiger partial charge is 0.249 e. The number of carbonyl (C=O) groups excluding carboxylic acids is 2. The molecule has 1 heterocycles. The molecule has 1 saturated carbocycles. The Morgan fingerprint density at radius 2 is 1.92 bits per heavy atom. The summed E-state index contributed by atoms with van der Waals surface area (Å²) in [4.78, 5) is 28.5. The topological polar surface area (TPSA) is 71.1 Å². The van der Waals surface area contributed by atoms with Gasteiger partial charge in [-0.05, 0) is 43.0 Å². The van der Waals surface area contributed by atoms with Gasteiger partial charge in [0.2, 0.25) is 11.8 Å². The number of amides is 2. The molecule has 2 aromatic rings. The van der Waals surface area contributed by atoms with Crippen LogP contribution in [0.15, 0.2) is 29.6 Å². The molecule has 1 unspecified atom stereocenters. The number of rotatable bonds is 5. The Hall–Kier alpha value is -2.28. The van der Waals surface area contributed by atoms with Gasteiger partial charge in [-0.2, -0.15) is 0 Å². The van der Waals surface area contributed by atoms with Gasteiger partial charge in [0.1, 0.15) is 11.9 Å². The molecule has 7 heteroatoms. The Labute approximate surface area is 149 Å². The summed E-state index contributed by atoms with van der Waals surface area (Å²) < 4.78 is 13.0. The Bertz CT molecular complexity index is 754. The van der Waals surface area contributed by atoms with Crippen molar-refractivity contribution in [1.29, 1.82) is 0 Å². The fourth-order valence-electron chi connectivity index (χ4n) is 3.17. The fraction of sp³-hybridized carbons (Fsp3) is 0.389. The van der Waals surface area contributed by atoms with Gasteiger partial charge in [0.05, 0.1) is 5.69 Å². The predicted molar refractivity (Wildman–Crippen MR) is 95.7 cm³/mol. The van der Waals surface area contributed by atoms with E-state index in [-0.39, 0.29) is 23.5 Å². The fourth-order valence-corrected chi connectivity index (χ4v) is 3.90. The van der Waals surface area contributed by atoms with Crippen LogP contribution >= 0.6 is 11.3 Å². The molecule has 25 heavy (non-hydrogen) atoms. The number of hydrogen-bond donors (Lipinski definition) is 2. The van der Waals surface area contributed by atoms with Gasteiger partial charge in [0.25, 0.3) is 0 Å². The molecule has 0 aliphatic heterocycles. The van der Waals surface area contributed by atoms with E-state index in [9.17, 15) is 14.0 Å². The van der Waals surface area contributed by atoms with E-state index < -0.39 is 6.04 Å². The van der Waals surface area contributed by atoms with Crippen LogP contribution in [-0.4, -0.2) is 22.8 Å². The van der Waals surface area contributed by atoms with Crippen LogP contribution in [-0.2, 0) is 9.59 Å². The zero-order valence-electron chi connectivity index (χ0n) is 13.9. The highest BCUT2D eigenvalue weighted by atomic mass is 32.1. The third kappa shape index (κ3) is 4.42.